The Morgan fingerprint density at radius 1 is 1.22 bits per heavy atom. The van der Waals surface area contributed by atoms with E-state index in [2.05, 4.69) is 5.32 Å². The number of hydrogen-bond acceptors (Lipinski definition) is 3. The number of aryl methyl sites for hydroxylation is 1. The van der Waals surface area contributed by atoms with E-state index in [-0.39, 0.29) is 11.8 Å². The van der Waals surface area contributed by atoms with Crippen LogP contribution in [0.4, 0.5) is 11.4 Å². The summed E-state index contributed by atoms with van der Waals surface area (Å²) in [6.45, 7) is 8.58. The maximum atomic E-state index is 12.8. The van der Waals surface area contributed by atoms with Gasteiger partial charge in [0.15, 0.2) is 0 Å². The van der Waals surface area contributed by atoms with Crippen LogP contribution in [0.2, 0.25) is 0 Å². The number of rotatable bonds is 4. The van der Waals surface area contributed by atoms with Gasteiger partial charge in [0, 0.05) is 12.2 Å². The van der Waals surface area contributed by atoms with Gasteiger partial charge in [0.25, 0.3) is 0 Å². The number of carbonyl (C=O) groups is 2. The second-order valence-electron chi connectivity index (χ2n) is 7.62. The summed E-state index contributed by atoms with van der Waals surface area (Å²) in [6, 6.07) is 13.3. The van der Waals surface area contributed by atoms with E-state index in [1.807, 2.05) is 70.2 Å². The second-order valence-corrected chi connectivity index (χ2v) is 7.62. The predicted octanol–water partition coefficient (Wildman–Crippen LogP) is 3.95. The number of hydrogen-bond donors (Lipinski definition) is 1. The smallest absolute Gasteiger partial charge is 0.236 e. The lowest BCUT2D eigenvalue weighted by molar-refractivity contribution is -0.127. The first kappa shape index (κ1) is 19.0. The molecule has 2 amide bonds. The first-order valence-corrected chi connectivity index (χ1v) is 9.24. The van der Waals surface area contributed by atoms with Crippen LogP contribution in [0.25, 0.3) is 0 Å². The zero-order valence-electron chi connectivity index (χ0n) is 16.3. The van der Waals surface area contributed by atoms with E-state index in [4.69, 9.17) is 4.74 Å². The molecule has 0 fully saturated rings. The fraction of sp³-hybridized carbons (Fsp3) is 0.364. The molecular weight excluding hydrogens is 340 g/mol. The standard InChI is InChI=1S/C22H26N2O3/c1-5-24-18-13-17(9-10-19(18)27-14-22(3,4)21(24)26)23-20(25)12-16-8-6-7-15(2)11-16/h6-11,13H,5,12,14H2,1-4H3,(H,23,25). The average molecular weight is 366 g/mol. The zero-order valence-corrected chi connectivity index (χ0v) is 16.3. The first-order chi connectivity index (χ1) is 12.8. The van der Waals surface area contributed by atoms with E-state index in [1.54, 1.807) is 4.90 Å². The van der Waals surface area contributed by atoms with Crippen molar-refractivity contribution in [1.82, 2.24) is 0 Å². The Kier molecular flexibility index (Phi) is 5.22. The second kappa shape index (κ2) is 7.43. The third-order valence-corrected chi connectivity index (χ3v) is 4.71. The highest BCUT2D eigenvalue weighted by Crippen LogP contribution is 2.38. The molecule has 0 spiro atoms. The maximum Gasteiger partial charge on any atom is 0.236 e. The van der Waals surface area contributed by atoms with Crippen LogP contribution in [-0.4, -0.2) is 25.0 Å². The molecule has 0 radical (unpaired) electrons. The van der Waals surface area contributed by atoms with E-state index >= 15 is 0 Å². The minimum absolute atomic E-state index is 0.0204. The van der Waals surface area contributed by atoms with Gasteiger partial charge in [0.2, 0.25) is 11.8 Å². The Morgan fingerprint density at radius 2 is 2.00 bits per heavy atom. The van der Waals surface area contributed by atoms with Crippen molar-refractivity contribution in [1.29, 1.82) is 0 Å². The van der Waals surface area contributed by atoms with Crippen LogP contribution >= 0.6 is 0 Å². The van der Waals surface area contributed by atoms with Gasteiger partial charge in [0.05, 0.1) is 17.5 Å². The molecule has 2 aromatic rings. The number of amides is 2. The van der Waals surface area contributed by atoms with Crippen LogP contribution in [0.15, 0.2) is 42.5 Å². The lowest BCUT2D eigenvalue weighted by Crippen LogP contribution is -2.42. The van der Waals surface area contributed by atoms with Gasteiger partial charge in [-0.3, -0.25) is 9.59 Å². The largest absolute Gasteiger partial charge is 0.490 e. The van der Waals surface area contributed by atoms with E-state index in [9.17, 15) is 9.59 Å². The molecule has 3 rings (SSSR count). The summed E-state index contributed by atoms with van der Waals surface area (Å²) in [5, 5.41) is 2.93. The van der Waals surface area contributed by atoms with E-state index < -0.39 is 5.41 Å². The monoisotopic (exact) mass is 366 g/mol. The number of fused-ring (bicyclic) bond motifs is 1. The molecule has 1 heterocycles. The molecule has 1 N–H and O–H groups in total. The minimum atomic E-state index is -0.594. The number of nitrogens with zero attached hydrogens (tertiary/aromatic N) is 1. The van der Waals surface area contributed by atoms with Crippen molar-refractivity contribution >= 4 is 23.2 Å². The maximum absolute atomic E-state index is 12.8. The van der Waals surface area contributed by atoms with Crippen molar-refractivity contribution in [3.8, 4) is 5.75 Å². The van der Waals surface area contributed by atoms with Gasteiger partial charge < -0.3 is 15.0 Å². The lowest BCUT2D eigenvalue weighted by Gasteiger charge is -2.27. The molecular formula is C22H26N2O3. The van der Waals surface area contributed by atoms with Crippen LogP contribution in [-0.2, 0) is 16.0 Å². The number of ether oxygens (including phenoxy) is 1. The Morgan fingerprint density at radius 3 is 2.70 bits per heavy atom. The number of carbonyl (C=O) groups excluding carboxylic acids is 2. The van der Waals surface area contributed by atoms with Crippen molar-refractivity contribution < 1.29 is 14.3 Å². The minimum Gasteiger partial charge on any atom is -0.490 e. The van der Waals surface area contributed by atoms with Crippen molar-refractivity contribution in [2.75, 3.05) is 23.4 Å². The van der Waals surface area contributed by atoms with Crippen LogP contribution < -0.4 is 15.0 Å². The summed E-state index contributed by atoms with van der Waals surface area (Å²) >= 11 is 0. The van der Waals surface area contributed by atoms with Crippen molar-refractivity contribution in [2.45, 2.75) is 34.1 Å². The van der Waals surface area contributed by atoms with E-state index in [0.29, 0.717) is 36.7 Å². The molecule has 1 aliphatic rings. The Balaban J connectivity index is 1.81. The SMILES string of the molecule is CCN1C(=O)C(C)(C)COc2ccc(NC(=O)Cc3cccc(C)c3)cc21. The Bertz CT molecular complexity index is 874. The topological polar surface area (TPSA) is 58.6 Å². The summed E-state index contributed by atoms with van der Waals surface area (Å²) in [4.78, 5) is 27.0. The molecule has 0 aromatic heterocycles. The van der Waals surface area contributed by atoms with E-state index in [0.717, 1.165) is 11.1 Å². The summed E-state index contributed by atoms with van der Waals surface area (Å²) < 4.78 is 5.86. The molecule has 0 unspecified atom stereocenters. The predicted molar refractivity (Wildman–Crippen MR) is 107 cm³/mol. The molecule has 2 aromatic carbocycles. The fourth-order valence-electron chi connectivity index (χ4n) is 3.25. The third-order valence-electron chi connectivity index (χ3n) is 4.71. The zero-order chi connectivity index (χ0) is 19.6. The van der Waals surface area contributed by atoms with Gasteiger partial charge in [-0.2, -0.15) is 0 Å². The van der Waals surface area contributed by atoms with Crippen LogP contribution in [0.1, 0.15) is 31.9 Å². The molecule has 5 nitrogen and oxygen atoms in total. The Hall–Kier alpha value is -2.82. The quantitative estimate of drug-likeness (QED) is 0.891. The van der Waals surface area contributed by atoms with Crippen LogP contribution in [0.3, 0.4) is 0 Å². The van der Waals surface area contributed by atoms with Crippen LogP contribution in [0, 0.1) is 12.3 Å². The summed E-state index contributed by atoms with van der Waals surface area (Å²) in [6.07, 6.45) is 0.304. The molecule has 1 aliphatic heterocycles. The highest BCUT2D eigenvalue weighted by Gasteiger charge is 2.37. The normalized spacial score (nSPS) is 15.6. The van der Waals surface area contributed by atoms with Gasteiger partial charge >= 0.3 is 0 Å². The molecule has 27 heavy (non-hydrogen) atoms. The summed E-state index contributed by atoms with van der Waals surface area (Å²) in [5.41, 5.74) is 2.85. The summed E-state index contributed by atoms with van der Waals surface area (Å²) in [5.74, 6) is 0.587. The third kappa shape index (κ3) is 4.13. The van der Waals surface area contributed by atoms with Gasteiger partial charge in [-0.1, -0.05) is 29.8 Å². The van der Waals surface area contributed by atoms with Gasteiger partial charge in [0.1, 0.15) is 12.4 Å². The highest BCUT2D eigenvalue weighted by molar-refractivity contribution is 6.00. The molecule has 0 saturated heterocycles. The lowest BCUT2D eigenvalue weighted by atomic mass is 9.93. The summed E-state index contributed by atoms with van der Waals surface area (Å²) in [7, 11) is 0. The van der Waals surface area contributed by atoms with Gasteiger partial charge in [-0.15, -0.1) is 0 Å². The highest BCUT2D eigenvalue weighted by atomic mass is 16.5. The van der Waals surface area contributed by atoms with E-state index in [1.165, 1.54) is 0 Å². The molecule has 0 bridgehead atoms. The van der Waals surface area contributed by atoms with Crippen molar-refractivity contribution in [3.63, 3.8) is 0 Å². The van der Waals surface area contributed by atoms with Crippen LogP contribution in [0.5, 0.6) is 5.75 Å². The fourth-order valence-corrected chi connectivity index (χ4v) is 3.25. The molecule has 0 saturated carbocycles. The molecule has 142 valence electrons. The molecule has 0 atom stereocenters. The first-order valence-electron chi connectivity index (χ1n) is 9.24. The van der Waals surface area contributed by atoms with Gasteiger partial charge in [-0.25, -0.2) is 0 Å². The van der Waals surface area contributed by atoms with Gasteiger partial charge in [-0.05, 0) is 51.5 Å². The number of nitrogens with one attached hydrogen (secondary N) is 1. The number of anilines is 2. The van der Waals surface area contributed by atoms with Crippen molar-refractivity contribution in [2.24, 2.45) is 5.41 Å². The molecule has 5 heteroatoms. The number of benzene rings is 2. The average Bonchev–Trinajstić information content (AvgIpc) is 2.70. The van der Waals surface area contributed by atoms with Crippen molar-refractivity contribution in [3.05, 3.63) is 53.6 Å². The molecule has 0 aliphatic carbocycles. The Labute approximate surface area is 160 Å².